The van der Waals surface area contributed by atoms with Crippen LogP contribution in [0, 0.1) is 5.41 Å². The van der Waals surface area contributed by atoms with Crippen LogP contribution in [0.15, 0.2) is 22.8 Å². The number of furan rings is 1. The third-order valence-electron chi connectivity index (χ3n) is 4.16. The minimum absolute atomic E-state index is 0.464. The molecule has 1 heterocycles. The molecule has 0 aliphatic heterocycles. The van der Waals surface area contributed by atoms with E-state index in [2.05, 4.69) is 37.2 Å². The summed E-state index contributed by atoms with van der Waals surface area (Å²) in [5.74, 6) is 1.06. The largest absolute Gasteiger partial charge is 0.468 e. The molecule has 1 N–H and O–H groups in total. The van der Waals surface area contributed by atoms with Gasteiger partial charge in [-0.1, -0.05) is 26.7 Å². The number of nitrogens with one attached hydrogen (secondary N) is 1. The highest BCUT2D eigenvalue weighted by atomic mass is 16.3. The molecule has 1 saturated carbocycles. The van der Waals surface area contributed by atoms with E-state index in [0.717, 1.165) is 25.4 Å². The molecule has 1 fully saturated rings. The van der Waals surface area contributed by atoms with Crippen LogP contribution in [-0.2, 0) is 6.54 Å². The van der Waals surface area contributed by atoms with Gasteiger partial charge in [0.2, 0.25) is 0 Å². The summed E-state index contributed by atoms with van der Waals surface area (Å²) in [6, 6.07) is 4.60. The number of hydrogen-bond acceptors (Lipinski definition) is 3. The Morgan fingerprint density at radius 1 is 1.37 bits per heavy atom. The van der Waals surface area contributed by atoms with E-state index in [0.29, 0.717) is 11.5 Å². The summed E-state index contributed by atoms with van der Waals surface area (Å²) in [7, 11) is 2.21. The van der Waals surface area contributed by atoms with Crippen LogP contribution in [0.4, 0.5) is 0 Å². The Morgan fingerprint density at radius 3 is 2.68 bits per heavy atom. The molecule has 108 valence electrons. The first-order chi connectivity index (χ1) is 9.10. The smallest absolute Gasteiger partial charge is 0.117 e. The molecular weight excluding hydrogens is 236 g/mol. The Morgan fingerprint density at radius 2 is 2.11 bits per heavy atom. The van der Waals surface area contributed by atoms with Crippen LogP contribution in [0.3, 0.4) is 0 Å². The van der Waals surface area contributed by atoms with E-state index in [1.165, 1.54) is 25.7 Å². The maximum absolute atomic E-state index is 5.44. The van der Waals surface area contributed by atoms with Crippen molar-refractivity contribution in [3.63, 3.8) is 0 Å². The van der Waals surface area contributed by atoms with Gasteiger partial charge in [-0.15, -0.1) is 0 Å². The van der Waals surface area contributed by atoms with Crippen LogP contribution in [-0.4, -0.2) is 31.1 Å². The van der Waals surface area contributed by atoms with Crippen LogP contribution in [0.5, 0.6) is 0 Å². The summed E-state index contributed by atoms with van der Waals surface area (Å²) in [6.07, 6.45) is 7.24. The fourth-order valence-corrected chi connectivity index (χ4v) is 3.23. The first-order valence-electron chi connectivity index (χ1n) is 7.54. The zero-order chi connectivity index (χ0) is 13.7. The van der Waals surface area contributed by atoms with Crippen LogP contribution >= 0.6 is 0 Å². The lowest BCUT2D eigenvalue weighted by atomic mass is 9.85. The van der Waals surface area contributed by atoms with Gasteiger partial charge >= 0.3 is 0 Å². The lowest BCUT2D eigenvalue weighted by Gasteiger charge is -2.34. The van der Waals surface area contributed by atoms with Crippen molar-refractivity contribution in [2.75, 3.05) is 20.1 Å². The Bertz CT molecular complexity index is 353. The van der Waals surface area contributed by atoms with Crippen LogP contribution in [0.1, 0.15) is 45.3 Å². The Hall–Kier alpha value is -0.800. The molecule has 0 saturated heterocycles. The quantitative estimate of drug-likeness (QED) is 0.819. The summed E-state index contributed by atoms with van der Waals surface area (Å²) in [5.41, 5.74) is 0.464. The van der Waals surface area contributed by atoms with Crippen molar-refractivity contribution < 1.29 is 4.42 Å². The van der Waals surface area contributed by atoms with Gasteiger partial charge in [-0.3, -0.25) is 4.90 Å². The van der Waals surface area contributed by atoms with E-state index < -0.39 is 0 Å². The van der Waals surface area contributed by atoms with Crippen molar-refractivity contribution in [2.45, 2.75) is 52.1 Å². The van der Waals surface area contributed by atoms with Crippen molar-refractivity contribution in [1.82, 2.24) is 10.2 Å². The molecule has 2 rings (SSSR count). The highest BCUT2D eigenvalue weighted by Gasteiger charge is 2.34. The fraction of sp³-hybridized carbons (Fsp3) is 0.750. The number of nitrogens with zero attached hydrogens (tertiary/aromatic N) is 1. The molecule has 3 nitrogen and oxygen atoms in total. The summed E-state index contributed by atoms with van der Waals surface area (Å²) in [6.45, 7) is 7.68. The standard InChI is InChI=1S/C16H28N2O/c1-14(2)17-12-16(8-4-5-9-16)13-18(3)11-15-7-6-10-19-15/h6-7,10,14,17H,4-5,8-9,11-13H2,1-3H3. The molecule has 0 amide bonds. The summed E-state index contributed by atoms with van der Waals surface area (Å²) in [4.78, 5) is 2.41. The molecule has 0 bridgehead atoms. The van der Waals surface area contributed by atoms with Crippen LogP contribution in [0.2, 0.25) is 0 Å². The lowest BCUT2D eigenvalue weighted by molar-refractivity contribution is 0.157. The SMILES string of the molecule is CC(C)NCC1(CN(C)Cc2ccco2)CCCC1. The average molecular weight is 264 g/mol. The minimum atomic E-state index is 0.464. The van der Waals surface area contributed by atoms with Crippen molar-refractivity contribution in [1.29, 1.82) is 0 Å². The predicted octanol–water partition coefficient (Wildman–Crippen LogP) is 3.27. The molecule has 1 aliphatic rings. The third kappa shape index (κ3) is 4.36. The molecule has 3 heteroatoms. The highest BCUT2D eigenvalue weighted by Crippen LogP contribution is 2.38. The lowest BCUT2D eigenvalue weighted by Crippen LogP contribution is -2.42. The first kappa shape index (κ1) is 14.6. The second-order valence-corrected chi connectivity index (χ2v) is 6.49. The first-order valence-corrected chi connectivity index (χ1v) is 7.54. The van der Waals surface area contributed by atoms with Gasteiger partial charge < -0.3 is 9.73 Å². The van der Waals surface area contributed by atoms with Crippen molar-refractivity contribution >= 4 is 0 Å². The van der Waals surface area contributed by atoms with Crippen molar-refractivity contribution in [3.8, 4) is 0 Å². The molecule has 0 aromatic carbocycles. The monoisotopic (exact) mass is 264 g/mol. The van der Waals surface area contributed by atoms with Gasteiger partial charge in [0.15, 0.2) is 0 Å². The Kier molecular flexibility index (Phi) is 5.06. The zero-order valence-corrected chi connectivity index (χ0v) is 12.6. The molecule has 1 aromatic rings. The topological polar surface area (TPSA) is 28.4 Å². The van der Waals surface area contributed by atoms with E-state index in [1.807, 2.05) is 6.07 Å². The van der Waals surface area contributed by atoms with Gasteiger partial charge in [-0.25, -0.2) is 0 Å². The fourth-order valence-electron chi connectivity index (χ4n) is 3.23. The van der Waals surface area contributed by atoms with E-state index in [1.54, 1.807) is 6.26 Å². The molecule has 0 spiro atoms. The van der Waals surface area contributed by atoms with Crippen LogP contribution < -0.4 is 5.32 Å². The predicted molar refractivity (Wildman–Crippen MR) is 79.1 cm³/mol. The molecule has 1 aliphatic carbocycles. The van der Waals surface area contributed by atoms with Gasteiger partial charge in [0.25, 0.3) is 0 Å². The Balaban J connectivity index is 1.88. The van der Waals surface area contributed by atoms with Gasteiger partial charge in [-0.2, -0.15) is 0 Å². The molecule has 19 heavy (non-hydrogen) atoms. The van der Waals surface area contributed by atoms with E-state index in [4.69, 9.17) is 4.42 Å². The van der Waals surface area contributed by atoms with Gasteiger partial charge in [0.1, 0.15) is 5.76 Å². The summed E-state index contributed by atoms with van der Waals surface area (Å²) < 4.78 is 5.44. The Labute approximate surface area is 117 Å². The molecule has 0 radical (unpaired) electrons. The van der Waals surface area contributed by atoms with E-state index in [-0.39, 0.29) is 0 Å². The van der Waals surface area contributed by atoms with Crippen molar-refractivity contribution in [2.24, 2.45) is 5.41 Å². The molecular formula is C16H28N2O. The highest BCUT2D eigenvalue weighted by molar-refractivity contribution is 4.98. The summed E-state index contributed by atoms with van der Waals surface area (Å²) >= 11 is 0. The molecule has 0 unspecified atom stereocenters. The molecule has 0 atom stereocenters. The zero-order valence-electron chi connectivity index (χ0n) is 12.6. The maximum atomic E-state index is 5.44. The van der Waals surface area contributed by atoms with E-state index >= 15 is 0 Å². The minimum Gasteiger partial charge on any atom is -0.468 e. The third-order valence-corrected chi connectivity index (χ3v) is 4.16. The number of rotatable bonds is 7. The van der Waals surface area contributed by atoms with E-state index in [9.17, 15) is 0 Å². The van der Waals surface area contributed by atoms with Gasteiger partial charge in [0, 0.05) is 19.1 Å². The van der Waals surface area contributed by atoms with Gasteiger partial charge in [0.05, 0.1) is 12.8 Å². The second-order valence-electron chi connectivity index (χ2n) is 6.49. The maximum Gasteiger partial charge on any atom is 0.117 e. The normalized spacial score (nSPS) is 18.6. The van der Waals surface area contributed by atoms with Crippen LogP contribution in [0.25, 0.3) is 0 Å². The molecule has 1 aromatic heterocycles. The average Bonchev–Trinajstić information content (AvgIpc) is 2.99. The van der Waals surface area contributed by atoms with Gasteiger partial charge in [-0.05, 0) is 37.4 Å². The summed E-state index contributed by atoms with van der Waals surface area (Å²) in [5, 5.41) is 3.64. The second kappa shape index (κ2) is 6.58. The number of hydrogen-bond donors (Lipinski definition) is 1. The van der Waals surface area contributed by atoms with Crippen molar-refractivity contribution in [3.05, 3.63) is 24.2 Å².